The SMILES string of the molecule is CCCC[O][Sn](=[O])[OH].O.O.O.[SbH3]. The second-order valence-electron chi connectivity index (χ2n) is 1.47. The van der Waals surface area contributed by atoms with Crippen LogP contribution in [0.3, 0.4) is 0 Å². The molecule has 0 rings (SSSR count). The monoisotopic (exact) mass is 404 g/mol. The zero-order valence-electron chi connectivity index (χ0n) is 7.09. The molecule has 0 spiro atoms. The molecule has 80 valence electrons. The van der Waals surface area contributed by atoms with Crippen LogP contribution in [0, 0.1) is 0 Å². The Kier molecular flexibility index (Phi) is 55.4. The normalized spacial score (nSPS) is 6.17. The summed E-state index contributed by atoms with van der Waals surface area (Å²) in [6.45, 7) is 2.46. The Labute approximate surface area is 96.9 Å². The van der Waals surface area contributed by atoms with Crippen LogP contribution in [0.5, 0.6) is 0 Å². The first-order valence-corrected chi connectivity index (χ1v) is 6.23. The average molecular weight is 404 g/mol. The van der Waals surface area contributed by atoms with Crippen LogP contribution in [0.4, 0.5) is 0 Å². The fourth-order valence-corrected chi connectivity index (χ4v) is 1.21. The summed E-state index contributed by atoms with van der Waals surface area (Å²) in [7, 11) is 0. The molecule has 0 amide bonds. The Bertz CT molecular complexity index is 81.9. The van der Waals surface area contributed by atoms with Crippen LogP contribution < -0.4 is 0 Å². The zero-order valence-corrected chi connectivity index (χ0v) is 14.0. The number of unbranched alkanes of at least 4 members (excludes halogenated alkanes) is 1. The summed E-state index contributed by atoms with van der Waals surface area (Å²) < 4.78 is 22.6. The second kappa shape index (κ2) is 22.8. The quantitative estimate of drug-likeness (QED) is 0.385. The minimum absolute atomic E-state index is 0. The molecule has 0 aliphatic carbocycles. The summed E-state index contributed by atoms with van der Waals surface area (Å²) in [5, 5.41) is 0. The molecule has 0 aliphatic rings. The minimum atomic E-state index is -3.41. The van der Waals surface area contributed by atoms with E-state index in [2.05, 4.69) is 3.07 Å². The number of hydrogen-bond donors (Lipinski definition) is 1. The third-order valence-electron chi connectivity index (χ3n) is 0.723. The van der Waals surface area contributed by atoms with Gasteiger partial charge in [0.05, 0.1) is 0 Å². The zero-order chi connectivity index (χ0) is 6.41. The van der Waals surface area contributed by atoms with Gasteiger partial charge in [0.15, 0.2) is 0 Å². The van der Waals surface area contributed by atoms with Crippen LogP contribution in [0.2, 0.25) is 0 Å². The Balaban J connectivity index is -0.0000000408. The molecule has 0 aromatic carbocycles. The Morgan fingerprint density at radius 1 is 1.33 bits per heavy atom. The van der Waals surface area contributed by atoms with Gasteiger partial charge < -0.3 is 16.4 Å². The van der Waals surface area contributed by atoms with Crippen molar-refractivity contribution >= 4 is 45.0 Å². The Hall–Kier alpha value is 1.22. The third-order valence-corrected chi connectivity index (χ3v) is 2.01. The fraction of sp³-hybridized carbons (Fsp3) is 1.00. The third kappa shape index (κ3) is 30.3. The average Bonchev–Trinajstić information content (AvgIpc) is 1.66. The van der Waals surface area contributed by atoms with Crippen molar-refractivity contribution in [3.63, 3.8) is 0 Å². The van der Waals surface area contributed by atoms with Crippen molar-refractivity contribution < 1.29 is 26.0 Å². The molecular weight excluding hydrogens is 385 g/mol. The van der Waals surface area contributed by atoms with E-state index in [-0.39, 0.29) is 40.9 Å². The topological polar surface area (TPSA) is 141 Å². The molecule has 0 fully saturated rings. The molecular formula is C4H19O6SbSn. The molecule has 7 N–H and O–H groups in total. The van der Waals surface area contributed by atoms with Gasteiger partial charge >= 0.3 is 81.0 Å². The van der Waals surface area contributed by atoms with Crippen molar-refractivity contribution in [1.82, 2.24) is 0 Å². The van der Waals surface area contributed by atoms with E-state index in [9.17, 15) is 3.08 Å². The number of hydrogen-bond acceptors (Lipinski definition) is 2. The summed E-state index contributed by atoms with van der Waals surface area (Å²) in [4.78, 5) is 0. The first-order valence-electron chi connectivity index (χ1n) is 2.63. The standard InChI is InChI=1S/C4H9O.4H2O.O.Sb.Sn.3H/c1-2-3-4-5;;;;;;;;;;/h2-4H2,1H3;4*1H2;;;;;;/q-1;;;;;;;+2;;;/p-1. The van der Waals surface area contributed by atoms with Crippen molar-refractivity contribution in [2.75, 3.05) is 6.61 Å². The van der Waals surface area contributed by atoms with E-state index in [0.29, 0.717) is 6.61 Å². The Morgan fingerprint density at radius 2 is 1.75 bits per heavy atom. The van der Waals surface area contributed by atoms with Gasteiger partial charge in [-0.15, -0.1) is 0 Å². The molecule has 0 unspecified atom stereocenters. The van der Waals surface area contributed by atoms with Crippen molar-refractivity contribution in [1.29, 1.82) is 0 Å². The van der Waals surface area contributed by atoms with Crippen LogP contribution in [-0.4, -0.2) is 71.5 Å². The van der Waals surface area contributed by atoms with E-state index in [0.717, 1.165) is 12.8 Å². The predicted octanol–water partition coefficient (Wildman–Crippen LogP) is -3.45. The van der Waals surface area contributed by atoms with E-state index in [4.69, 9.17) is 3.44 Å². The van der Waals surface area contributed by atoms with Crippen LogP contribution in [0.15, 0.2) is 0 Å². The summed E-state index contributed by atoms with van der Waals surface area (Å²) in [6.07, 6.45) is 1.89. The molecule has 0 radical (unpaired) electrons. The fourth-order valence-electron chi connectivity index (χ4n) is 0.304. The first kappa shape index (κ1) is 29.2. The maximum atomic E-state index is 9.93. The molecule has 0 saturated carbocycles. The van der Waals surface area contributed by atoms with E-state index in [1.807, 2.05) is 6.92 Å². The van der Waals surface area contributed by atoms with Crippen LogP contribution in [0.25, 0.3) is 0 Å². The van der Waals surface area contributed by atoms with Crippen molar-refractivity contribution in [3.05, 3.63) is 0 Å². The van der Waals surface area contributed by atoms with Gasteiger partial charge in [0, 0.05) is 0 Å². The molecule has 8 heteroatoms. The van der Waals surface area contributed by atoms with Crippen molar-refractivity contribution in [2.24, 2.45) is 0 Å². The second-order valence-corrected chi connectivity index (χ2v) is 3.81. The van der Waals surface area contributed by atoms with Crippen LogP contribution in [-0.2, 0) is 6.15 Å². The van der Waals surface area contributed by atoms with Crippen LogP contribution >= 0.6 is 0 Å². The molecule has 0 bridgehead atoms. The summed E-state index contributed by atoms with van der Waals surface area (Å²) in [6, 6.07) is 0. The van der Waals surface area contributed by atoms with Gasteiger partial charge in [-0.05, 0) is 0 Å². The van der Waals surface area contributed by atoms with Gasteiger partial charge in [-0.25, -0.2) is 0 Å². The van der Waals surface area contributed by atoms with Crippen molar-refractivity contribution in [3.8, 4) is 0 Å². The molecule has 12 heavy (non-hydrogen) atoms. The molecule has 0 aliphatic heterocycles. The maximum absolute atomic E-state index is 9.93. The molecule has 0 aromatic heterocycles. The molecule has 0 aromatic rings. The summed E-state index contributed by atoms with van der Waals surface area (Å²) in [5.74, 6) is 0. The van der Waals surface area contributed by atoms with Crippen LogP contribution in [0.1, 0.15) is 19.8 Å². The van der Waals surface area contributed by atoms with Gasteiger partial charge in [-0.2, -0.15) is 0 Å². The first-order chi connectivity index (χ1) is 3.77. The summed E-state index contributed by atoms with van der Waals surface area (Å²) >= 11 is -3.41. The van der Waals surface area contributed by atoms with E-state index < -0.39 is 20.6 Å². The van der Waals surface area contributed by atoms with Gasteiger partial charge in [-0.1, -0.05) is 0 Å². The van der Waals surface area contributed by atoms with Gasteiger partial charge in [0.2, 0.25) is 0 Å². The molecule has 0 saturated heterocycles. The van der Waals surface area contributed by atoms with Gasteiger partial charge in [-0.3, -0.25) is 0 Å². The molecule has 0 heterocycles. The molecule has 0 atom stereocenters. The van der Waals surface area contributed by atoms with Gasteiger partial charge in [0.1, 0.15) is 0 Å². The predicted molar refractivity (Wildman–Crippen MR) is 50.3 cm³/mol. The van der Waals surface area contributed by atoms with Crippen molar-refractivity contribution in [2.45, 2.75) is 19.8 Å². The Morgan fingerprint density at radius 3 is 2.00 bits per heavy atom. The van der Waals surface area contributed by atoms with Gasteiger partial charge in [0.25, 0.3) is 0 Å². The molecule has 6 nitrogen and oxygen atoms in total. The number of rotatable bonds is 4. The van der Waals surface area contributed by atoms with E-state index in [1.54, 1.807) is 0 Å². The summed E-state index contributed by atoms with van der Waals surface area (Å²) in [5.41, 5.74) is 0. The van der Waals surface area contributed by atoms with E-state index in [1.165, 1.54) is 0 Å². The van der Waals surface area contributed by atoms with E-state index >= 15 is 0 Å².